The third-order valence-corrected chi connectivity index (χ3v) is 6.65. The van der Waals surface area contributed by atoms with Gasteiger partial charge in [0.1, 0.15) is 0 Å². The van der Waals surface area contributed by atoms with Crippen LogP contribution >= 0.6 is 23.5 Å². The molecule has 1 nitrogen and oxygen atoms in total. The van der Waals surface area contributed by atoms with E-state index in [1.54, 1.807) is 0 Å². The summed E-state index contributed by atoms with van der Waals surface area (Å²) < 4.78 is 0. The standard InChI is InChI=1S/C13H25NS2/c1-5-7-12(14-8-6-2)13-9-15-10(3)11(4)16-13/h5,10-14H,1,6-9H2,2-4H3. The molecule has 1 fully saturated rings. The van der Waals surface area contributed by atoms with E-state index in [9.17, 15) is 0 Å². The maximum absolute atomic E-state index is 3.88. The van der Waals surface area contributed by atoms with Crippen molar-refractivity contribution < 1.29 is 0 Å². The first kappa shape index (κ1) is 14.5. The highest BCUT2D eigenvalue weighted by atomic mass is 32.2. The Kier molecular flexibility index (Phi) is 6.94. The molecular weight excluding hydrogens is 234 g/mol. The van der Waals surface area contributed by atoms with Crippen LogP contribution in [0, 0.1) is 0 Å². The van der Waals surface area contributed by atoms with E-state index < -0.39 is 0 Å². The zero-order chi connectivity index (χ0) is 12.0. The molecule has 1 aliphatic rings. The summed E-state index contributed by atoms with van der Waals surface area (Å²) in [7, 11) is 0. The minimum absolute atomic E-state index is 0.616. The van der Waals surface area contributed by atoms with E-state index in [0.717, 1.165) is 28.7 Å². The lowest BCUT2D eigenvalue weighted by atomic mass is 10.1. The summed E-state index contributed by atoms with van der Waals surface area (Å²) in [5, 5.41) is 6.00. The van der Waals surface area contributed by atoms with Gasteiger partial charge in [0.15, 0.2) is 0 Å². The van der Waals surface area contributed by atoms with E-state index in [2.05, 4.69) is 62.3 Å². The lowest BCUT2D eigenvalue weighted by molar-refractivity contribution is 0.511. The van der Waals surface area contributed by atoms with Crippen molar-refractivity contribution in [3.8, 4) is 0 Å². The molecular formula is C13H25NS2. The maximum atomic E-state index is 3.88. The molecule has 16 heavy (non-hydrogen) atoms. The van der Waals surface area contributed by atoms with Gasteiger partial charge in [0.05, 0.1) is 0 Å². The van der Waals surface area contributed by atoms with E-state index in [-0.39, 0.29) is 0 Å². The van der Waals surface area contributed by atoms with Crippen LogP contribution in [0.3, 0.4) is 0 Å². The van der Waals surface area contributed by atoms with Gasteiger partial charge < -0.3 is 5.32 Å². The summed E-state index contributed by atoms with van der Waals surface area (Å²) in [5.41, 5.74) is 0. The molecule has 94 valence electrons. The number of thioether (sulfide) groups is 2. The fourth-order valence-electron chi connectivity index (χ4n) is 1.89. The molecule has 4 atom stereocenters. The van der Waals surface area contributed by atoms with Crippen LogP contribution in [0.1, 0.15) is 33.6 Å². The Balaban J connectivity index is 2.46. The quantitative estimate of drug-likeness (QED) is 0.733. The van der Waals surface area contributed by atoms with Crippen LogP contribution in [-0.4, -0.2) is 34.1 Å². The van der Waals surface area contributed by atoms with Crippen LogP contribution in [0.2, 0.25) is 0 Å². The zero-order valence-electron chi connectivity index (χ0n) is 10.7. The summed E-state index contributed by atoms with van der Waals surface area (Å²) >= 11 is 4.29. The van der Waals surface area contributed by atoms with Crippen molar-refractivity contribution >= 4 is 23.5 Å². The van der Waals surface area contributed by atoms with E-state index in [0.29, 0.717) is 6.04 Å². The summed E-state index contributed by atoms with van der Waals surface area (Å²) in [5.74, 6) is 1.28. The Labute approximate surface area is 109 Å². The second-order valence-electron chi connectivity index (χ2n) is 4.50. The number of hydrogen-bond donors (Lipinski definition) is 1. The zero-order valence-corrected chi connectivity index (χ0v) is 12.4. The van der Waals surface area contributed by atoms with Gasteiger partial charge in [-0.05, 0) is 19.4 Å². The Morgan fingerprint density at radius 3 is 2.75 bits per heavy atom. The van der Waals surface area contributed by atoms with Gasteiger partial charge in [0, 0.05) is 27.5 Å². The first-order chi connectivity index (χ1) is 7.69. The highest BCUT2D eigenvalue weighted by molar-refractivity contribution is 8.07. The summed E-state index contributed by atoms with van der Waals surface area (Å²) in [6, 6.07) is 0.616. The highest BCUT2D eigenvalue weighted by Gasteiger charge is 2.30. The van der Waals surface area contributed by atoms with Gasteiger partial charge in [0.25, 0.3) is 0 Å². The topological polar surface area (TPSA) is 12.0 Å². The van der Waals surface area contributed by atoms with Crippen LogP contribution in [0.25, 0.3) is 0 Å². The summed E-state index contributed by atoms with van der Waals surface area (Å²) in [6.07, 6.45) is 4.37. The molecule has 0 radical (unpaired) electrons. The second kappa shape index (κ2) is 7.67. The van der Waals surface area contributed by atoms with Gasteiger partial charge in [-0.1, -0.05) is 26.8 Å². The molecule has 0 aromatic carbocycles. The van der Waals surface area contributed by atoms with Crippen LogP contribution in [0.5, 0.6) is 0 Å². The van der Waals surface area contributed by atoms with Crippen LogP contribution in [0.15, 0.2) is 12.7 Å². The fraction of sp³-hybridized carbons (Fsp3) is 0.846. The number of hydrogen-bond acceptors (Lipinski definition) is 3. The average molecular weight is 259 g/mol. The normalized spacial score (nSPS) is 32.3. The van der Waals surface area contributed by atoms with Crippen molar-refractivity contribution in [1.82, 2.24) is 5.32 Å². The molecule has 1 heterocycles. The molecule has 0 aromatic heterocycles. The highest BCUT2D eigenvalue weighted by Crippen LogP contribution is 2.37. The predicted molar refractivity (Wildman–Crippen MR) is 79.7 cm³/mol. The molecule has 1 saturated heterocycles. The smallest absolute Gasteiger partial charge is 0.0297 e. The Hall–Kier alpha value is 0.400. The lowest BCUT2D eigenvalue weighted by Crippen LogP contribution is -2.43. The number of nitrogens with one attached hydrogen (secondary N) is 1. The SMILES string of the molecule is C=CCC(NCCC)C1CSC(C)C(C)S1. The van der Waals surface area contributed by atoms with Crippen molar-refractivity contribution in [2.75, 3.05) is 12.3 Å². The van der Waals surface area contributed by atoms with E-state index >= 15 is 0 Å². The minimum Gasteiger partial charge on any atom is -0.313 e. The Morgan fingerprint density at radius 1 is 1.44 bits per heavy atom. The van der Waals surface area contributed by atoms with E-state index in [4.69, 9.17) is 0 Å². The number of rotatable bonds is 6. The van der Waals surface area contributed by atoms with Crippen LogP contribution < -0.4 is 5.32 Å². The third kappa shape index (κ3) is 4.34. The van der Waals surface area contributed by atoms with Crippen molar-refractivity contribution in [3.63, 3.8) is 0 Å². The van der Waals surface area contributed by atoms with Gasteiger partial charge >= 0.3 is 0 Å². The van der Waals surface area contributed by atoms with Crippen LogP contribution in [0.4, 0.5) is 0 Å². The van der Waals surface area contributed by atoms with E-state index in [1.165, 1.54) is 12.2 Å². The minimum atomic E-state index is 0.616. The van der Waals surface area contributed by atoms with Crippen molar-refractivity contribution in [2.24, 2.45) is 0 Å². The van der Waals surface area contributed by atoms with Gasteiger partial charge in [0.2, 0.25) is 0 Å². The van der Waals surface area contributed by atoms with Gasteiger partial charge in [-0.3, -0.25) is 0 Å². The van der Waals surface area contributed by atoms with Crippen LogP contribution in [-0.2, 0) is 0 Å². The maximum Gasteiger partial charge on any atom is 0.0297 e. The van der Waals surface area contributed by atoms with Gasteiger partial charge in [-0.15, -0.1) is 6.58 Å². The largest absolute Gasteiger partial charge is 0.313 e. The van der Waals surface area contributed by atoms with Crippen molar-refractivity contribution in [3.05, 3.63) is 12.7 Å². The van der Waals surface area contributed by atoms with E-state index in [1.807, 2.05) is 0 Å². The summed E-state index contributed by atoms with van der Waals surface area (Å²) in [4.78, 5) is 0. The molecule has 3 heteroatoms. The van der Waals surface area contributed by atoms with Crippen molar-refractivity contribution in [2.45, 2.75) is 55.4 Å². The Morgan fingerprint density at radius 2 is 2.19 bits per heavy atom. The molecule has 0 amide bonds. The molecule has 0 aromatic rings. The molecule has 0 bridgehead atoms. The third-order valence-electron chi connectivity index (χ3n) is 3.10. The molecule has 0 saturated carbocycles. The first-order valence-corrected chi connectivity index (χ1v) is 8.29. The molecule has 1 aliphatic heterocycles. The predicted octanol–water partition coefficient (Wildman–Crippen LogP) is 3.56. The summed E-state index contributed by atoms with van der Waals surface area (Å²) in [6.45, 7) is 11.9. The first-order valence-electron chi connectivity index (χ1n) is 6.30. The van der Waals surface area contributed by atoms with Crippen molar-refractivity contribution in [1.29, 1.82) is 0 Å². The monoisotopic (exact) mass is 259 g/mol. The fourth-order valence-corrected chi connectivity index (χ4v) is 5.04. The molecule has 4 unspecified atom stereocenters. The average Bonchev–Trinajstić information content (AvgIpc) is 2.28. The molecule has 0 aliphatic carbocycles. The lowest BCUT2D eigenvalue weighted by Gasteiger charge is -2.36. The second-order valence-corrected chi connectivity index (χ2v) is 7.53. The molecule has 0 spiro atoms. The van der Waals surface area contributed by atoms with Gasteiger partial charge in [-0.2, -0.15) is 23.5 Å². The molecule has 1 rings (SSSR count). The van der Waals surface area contributed by atoms with Gasteiger partial charge in [-0.25, -0.2) is 0 Å². The molecule has 1 N–H and O–H groups in total. The Bertz CT molecular complexity index is 208.